The number of para-hydroxylation sites is 1. The van der Waals surface area contributed by atoms with Gasteiger partial charge in [-0.3, -0.25) is 0 Å². The van der Waals surface area contributed by atoms with Crippen molar-refractivity contribution in [1.29, 1.82) is 0 Å². The summed E-state index contributed by atoms with van der Waals surface area (Å²) in [6, 6.07) is 17.1. The van der Waals surface area contributed by atoms with Crippen molar-refractivity contribution in [3.8, 4) is 5.75 Å². The van der Waals surface area contributed by atoms with Crippen molar-refractivity contribution in [3.63, 3.8) is 0 Å². The molecule has 1 aliphatic rings. The van der Waals surface area contributed by atoms with Crippen LogP contribution in [0.2, 0.25) is 0 Å². The molecule has 23 heavy (non-hydrogen) atoms. The van der Waals surface area contributed by atoms with Crippen LogP contribution in [0, 0.1) is 0 Å². The van der Waals surface area contributed by atoms with E-state index < -0.39 is 0 Å². The van der Waals surface area contributed by atoms with Crippen LogP contribution in [-0.2, 0) is 13.0 Å². The van der Waals surface area contributed by atoms with Gasteiger partial charge in [-0.2, -0.15) is 11.8 Å². The van der Waals surface area contributed by atoms with E-state index >= 15 is 0 Å². The average Bonchev–Trinajstić information content (AvgIpc) is 2.81. The van der Waals surface area contributed by atoms with Gasteiger partial charge in [-0.25, -0.2) is 0 Å². The minimum Gasteiger partial charge on any atom is -0.491 e. The van der Waals surface area contributed by atoms with Gasteiger partial charge in [-0.05, 0) is 29.4 Å². The van der Waals surface area contributed by atoms with Crippen molar-refractivity contribution < 1.29 is 9.84 Å². The second-order valence-electron chi connectivity index (χ2n) is 5.64. The lowest BCUT2D eigenvalue weighted by molar-refractivity contribution is 0.200. The number of hydrogen-bond donors (Lipinski definition) is 2. The van der Waals surface area contributed by atoms with Crippen molar-refractivity contribution in [2.24, 2.45) is 0 Å². The van der Waals surface area contributed by atoms with Gasteiger partial charge >= 0.3 is 0 Å². The molecule has 0 unspecified atom stereocenters. The van der Waals surface area contributed by atoms with E-state index in [1.807, 2.05) is 30.0 Å². The molecule has 122 valence electrons. The molecule has 0 spiro atoms. The van der Waals surface area contributed by atoms with Crippen molar-refractivity contribution in [3.05, 3.63) is 65.2 Å². The summed E-state index contributed by atoms with van der Waals surface area (Å²) in [5.74, 6) is 3.13. The Balaban J connectivity index is 1.71. The number of thioether (sulfide) groups is 1. The van der Waals surface area contributed by atoms with Gasteiger partial charge in [0, 0.05) is 23.9 Å². The van der Waals surface area contributed by atoms with Gasteiger partial charge in [0.2, 0.25) is 0 Å². The third-order valence-electron chi connectivity index (χ3n) is 4.09. The number of ether oxygens (including phenoxy) is 1. The van der Waals surface area contributed by atoms with Crippen LogP contribution < -0.4 is 10.1 Å². The van der Waals surface area contributed by atoms with E-state index in [0.29, 0.717) is 12.6 Å². The lowest BCUT2D eigenvalue weighted by atomic mass is 9.99. The number of benzene rings is 2. The number of fused-ring (bicyclic) bond motifs is 1. The Morgan fingerprint density at radius 3 is 2.87 bits per heavy atom. The van der Waals surface area contributed by atoms with E-state index in [1.165, 1.54) is 16.9 Å². The molecule has 0 saturated carbocycles. The number of aliphatic hydroxyl groups excluding tert-OH is 1. The molecule has 0 bridgehead atoms. The Kier molecular flexibility index (Phi) is 5.97. The second kappa shape index (κ2) is 8.39. The Morgan fingerprint density at radius 1 is 1.13 bits per heavy atom. The number of hydrogen-bond acceptors (Lipinski definition) is 4. The van der Waals surface area contributed by atoms with Crippen molar-refractivity contribution in [2.45, 2.75) is 19.0 Å². The predicted octanol–water partition coefficient (Wildman–Crippen LogP) is 3.18. The van der Waals surface area contributed by atoms with Gasteiger partial charge < -0.3 is 15.2 Å². The first-order valence-corrected chi connectivity index (χ1v) is 9.24. The summed E-state index contributed by atoms with van der Waals surface area (Å²) >= 11 is 2.01. The lowest BCUT2D eigenvalue weighted by Crippen LogP contribution is -2.23. The Hall–Kier alpha value is -1.49. The average molecular weight is 329 g/mol. The maximum atomic E-state index is 8.95. The highest BCUT2D eigenvalue weighted by Crippen LogP contribution is 2.28. The van der Waals surface area contributed by atoms with Gasteiger partial charge in [0.1, 0.15) is 12.4 Å². The molecule has 2 N–H and O–H groups in total. The minimum absolute atomic E-state index is 0.0361. The number of rotatable bonds is 6. The molecular formula is C19H23NO2S. The second-order valence-corrected chi connectivity index (χ2v) is 6.79. The predicted molar refractivity (Wildman–Crippen MR) is 96.1 cm³/mol. The van der Waals surface area contributed by atoms with Crippen molar-refractivity contribution >= 4 is 11.8 Å². The summed E-state index contributed by atoms with van der Waals surface area (Å²) in [5, 5.41) is 12.6. The largest absolute Gasteiger partial charge is 0.491 e. The molecule has 2 aromatic carbocycles. The lowest BCUT2D eigenvalue weighted by Gasteiger charge is -2.20. The van der Waals surface area contributed by atoms with Gasteiger partial charge in [0.15, 0.2) is 0 Å². The van der Waals surface area contributed by atoms with E-state index in [0.717, 1.165) is 30.0 Å². The quantitative estimate of drug-likeness (QED) is 0.854. The first-order valence-electron chi connectivity index (χ1n) is 8.09. The molecule has 0 radical (unpaired) electrons. The minimum atomic E-state index is 0.0361. The molecule has 0 amide bonds. The molecule has 0 fully saturated rings. The van der Waals surface area contributed by atoms with Crippen molar-refractivity contribution in [2.75, 3.05) is 24.7 Å². The normalized spacial score (nSPS) is 17.3. The van der Waals surface area contributed by atoms with Gasteiger partial charge in [-0.15, -0.1) is 0 Å². The number of aliphatic hydroxyl groups is 1. The van der Waals surface area contributed by atoms with E-state index in [4.69, 9.17) is 9.84 Å². The summed E-state index contributed by atoms with van der Waals surface area (Å²) in [6.07, 6.45) is 1.15. The fourth-order valence-corrected chi connectivity index (χ4v) is 3.99. The molecule has 1 heterocycles. The summed E-state index contributed by atoms with van der Waals surface area (Å²) in [5.41, 5.74) is 4.01. The molecule has 1 atom stereocenters. The molecule has 1 aliphatic heterocycles. The van der Waals surface area contributed by atoms with Crippen LogP contribution in [0.4, 0.5) is 0 Å². The van der Waals surface area contributed by atoms with Gasteiger partial charge in [0.05, 0.1) is 6.61 Å². The fourth-order valence-electron chi connectivity index (χ4n) is 2.92. The molecular weight excluding hydrogens is 306 g/mol. The maximum Gasteiger partial charge on any atom is 0.123 e. The first-order chi connectivity index (χ1) is 11.4. The summed E-state index contributed by atoms with van der Waals surface area (Å²) in [6.45, 7) is 1.13. The SMILES string of the molecule is OCCOc1ccccc1CN[C@@H]1CSCCc2ccccc21. The summed E-state index contributed by atoms with van der Waals surface area (Å²) in [4.78, 5) is 0. The standard InChI is InChI=1S/C19H23NO2S/c21-10-11-22-19-8-4-2-6-16(19)13-20-18-14-23-12-9-15-5-1-3-7-17(15)18/h1-8,18,20-21H,9-14H2/t18-/m1/s1. The summed E-state index contributed by atoms with van der Waals surface area (Å²) < 4.78 is 5.63. The van der Waals surface area contributed by atoms with Crippen LogP contribution in [-0.4, -0.2) is 29.8 Å². The zero-order valence-electron chi connectivity index (χ0n) is 13.2. The maximum absolute atomic E-state index is 8.95. The first kappa shape index (κ1) is 16.4. The fraction of sp³-hybridized carbons (Fsp3) is 0.368. The van der Waals surface area contributed by atoms with E-state index in [-0.39, 0.29) is 6.61 Å². The van der Waals surface area contributed by atoms with Gasteiger partial charge in [0.25, 0.3) is 0 Å². The molecule has 0 aliphatic carbocycles. The molecule has 3 rings (SSSR count). The molecule has 0 saturated heterocycles. The Bertz CT molecular complexity index is 632. The van der Waals surface area contributed by atoms with E-state index in [2.05, 4.69) is 35.6 Å². The van der Waals surface area contributed by atoms with Gasteiger partial charge in [-0.1, -0.05) is 42.5 Å². The molecule has 2 aromatic rings. The number of aryl methyl sites for hydroxylation is 1. The third kappa shape index (κ3) is 4.28. The van der Waals surface area contributed by atoms with Crippen LogP contribution in [0.5, 0.6) is 5.75 Å². The number of nitrogens with one attached hydrogen (secondary N) is 1. The Morgan fingerprint density at radius 2 is 1.96 bits per heavy atom. The van der Waals surface area contributed by atoms with Crippen LogP contribution >= 0.6 is 11.8 Å². The Labute approximate surface area is 142 Å². The molecule has 4 heteroatoms. The highest BCUT2D eigenvalue weighted by Gasteiger charge is 2.18. The van der Waals surface area contributed by atoms with Crippen LogP contribution in [0.3, 0.4) is 0 Å². The molecule has 3 nitrogen and oxygen atoms in total. The zero-order valence-corrected chi connectivity index (χ0v) is 14.0. The highest BCUT2D eigenvalue weighted by molar-refractivity contribution is 7.99. The van der Waals surface area contributed by atoms with Crippen LogP contribution in [0.15, 0.2) is 48.5 Å². The molecule has 0 aromatic heterocycles. The van der Waals surface area contributed by atoms with E-state index in [9.17, 15) is 0 Å². The van der Waals surface area contributed by atoms with Crippen LogP contribution in [0.1, 0.15) is 22.7 Å². The van der Waals surface area contributed by atoms with Crippen molar-refractivity contribution in [1.82, 2.24) is 5.32 Å². The monoisotopic (exact) mass is 329 g/mol. The third-order valence-corrected chi connectivity index (χ3v) is 5.15. The topological polar surface area (TPSA) is 41.5 Å². The van der Waals surface area contributed by atoms with E-state index in [1.54, 1.807) is 0 Å². The summed E-state index contributed by atoms with van der Waals surface area (Å²) in [7, 11) is 0. The smallest absolute Gasteiger partial charge is 0.123 e. The van der Waals surface area contributed by atoms with Crippen LogP contribution in [0.25, 0.3) is 0 Å². The zero-order chi connectivity index (χ0) is 15.9. The highest BCUT2D eigenvalue weighted by atomic mass is 32.2.